The number of imide groups is 1. The standard InChI is InChI=1S/C19H18INO6/c1-19(2)26-15-3-9-4-17(22)21(12(9)7-16(15)27-19)18(23)10-5-13-14(6-11(10)20)25-8-24-13/h5-7,9,15-16H,3-4,8H2,1-2H3/t9-,15-,16+/m0/s1. The number of nitrogens with zero attached hydrogens (tertiary/aromatic N) is 1. The van der Waals surface area contributed by atoms with E-state index < -0.39 is 5.79 Å². The van der Waals surface area contributed by atoms with Gasteiger partial charge in [0.25, 0.3) is 5.91 Å². The lowest BCUT2D eigenvalue weighted by Gasteiger charge is -2.27. The highest BCUT2D eigenvalue weighted by Crippen LogP contribution is 2.44. The summed E-state index contributed by atoms with van der Waals surface area (Å²) in [4.78, 5) is 27.2. The average Bonchev–Trinajstić information content (AvgIpc) is 3.23. The van der Waals surface area contributed by atoms with Crippen LogP contribution in [0, 0.1) is 9.49 Å². The van der Waals surface area contributed by atoms with Gasteiger partial charge in [-0.25, -0.2) is 0 Å². The molecular weight excluding hydrogens is 465 g/mol. The summed E-state index contributed by atoms with van der Waals surface area (Å²) in [7, 11) is 0. The van der Waals surface area contributed by atoms with Crippen LogP contribution in [0.2, 0.25) is 0 Å². The summed E-state index contributed by atoms with van der Waals surface area (Å²) in [5.41, 5.74) is 1.15. The van der Waals surface area contributed by atoms with Crippen molar-refractivity contribution in [2.75, 3.05) is 6.79 Å². The van der Waals surface area contributed by atoms with Gasteiger partial charge in [0.15, 0.2) is 17.3 Å². The summed E-state index contributed by atoms with van der Waals surface area (Å²) in [6, 6.07) is 3.41. The van der Waals surface area contributed by atoms with E-state index in [0.717, 1.165) is 5.70 Å². The molecule has 0 bridgehead atoms. The quantitative estimate of drug-likeness (QED) is 0.452. The van der Waals surface area contributed by atoms with E-state index in [9.17, 15) is 9.59 Å². The largest absolute Gasteiger partial charge is 0.454 e. The van der Waals surface area contributed by atoms with Crippen molar-refractivity contribution in [2.45, 2.75) is 44.7 Å². The molecule has 1 aliphatic carbocycles. The van der Waals surface area contributed by atoms with E-state index in [0.29, 0.717) is 33.5 Å². The number of hydrogen-bond donors (Lipinski definition) is 0. The van der Waals surface area contributed by atoms with Crippen molar-refractivity contribution in [3.05, 3.63) is 33.0 Å². The third kappa shape index (κ3) is 2.76. The third-order valence-corrected chi connectivity index (χ3v) is 6.21. The van der Waals surface area contributed by atoms with Crippen LogP contribution in [0.3, 0.4) is 0 Å². The minimum Gasteiger partial charge on any atom is -0.454 e. The van der Waals surface area contributed by atoms with Crippen molar-refractivity contribution in [1.82, 2.24) is 4.90 Å². The molecule has 0 aromatic heterocycles. The first-order chi connectivity index (χ1) is 12.8. The Morgan fingerprint density at radius 3 is 2.74 bits per heavy atom. The molecule has 5 rings (SSSR count). The third-order valence-electron chi connectivity index (χ3n) is 5.32. The maximum atomic E-state index is 13.2. The number of likely N-dealkylation sites (tertiary alicyclic amines) is 1. The summed E-state index contributed by atoms with van der Waals surface area (Å²) in [6.45, 7) is 3.89. The topological polar surface area (TPSA) is 74.3 Å². The van der Waals surface area contributed by atoms with Gasteiger partial charge < -0.3 is 18.9 Å². The molecule has 3 heterocycles. The molecule has 3 aliphatic heterocycles. The van der Waals surface area contributed by atoms with E-state index in [4.69, 9.17) is 18.9 Å². The SMILES string of the molecule is CC1(C)O[C@H]2C[C@H]3CC(=O)N(C(=O)c4cc5c(cc4I)OCO5)C3=C[C@H]2O1. The predicted molar refractivity (Wildman–Crippen MR) is 101 cm³/mol. The monoisotopic (exact) mass is 483 g/mol. The molecular formula is C19H18INO6. The van der Waals surface area contributed by atoms with Crippen LogP contribution in [0.1, 0.15) is 37.0 Å². The number of rotatable bonds is 1. The predicted octanol–water partition coefficient (Wildman–Crippen LogP) is 2.82. The Kier molecular flexibility index (Phi) is 3.83. The summed E-state index contributed by atoms with van der Waals surface area (Å²) in [5.74, 6) is -0.0748. The van der Waals surface area contributed by atoms with E-state index in [-0.39, 0.29) is 36.7 Å². The van der Waals surface area contributed by atoms with Crippen molar-refractivity contribution in [1.29, 1.82) is 0 Å². The molecule has 2 saturated heterocycles. The fraction of sp³-hybridized carbons (Fsp3) is 0.474. The second-order valence-corrected chi connectivity index (χ2v) is 8.75. The molecule has 0 radical (unpaired) electrons. The van der Waals surface area contributed by atoms with Gasteiger partial charge in [0.1, 0.15) is 6.10 Å². The Balaban J connectivity index is 1.50. The van der Waals surface area contributed by atoms with Gasteiger partial charge in [-0.3, -0.25) is 14.5 Å². The molecule has 0 unspecified atom stereocenters. The number of carbonyl (C=O) groups excluding carboxylic acids is 2. The van der Waals surface area contributed by atoms with Crippen molar-refractivity contribution < 1.29 is 28.5 Å². The van der Waals surface area contributed by atoms with Crippen molar-refractivity contribution in [3.8, 4) is 11.5 Å². The number of fused-ring (bicyclic) bond motifs is 3. The Bertz CT molecular complexity index is 894. The molecule has 7 nitrogen and oxygen atoms in total. The fourth-order valence-electron chi connectivity index (χ4n) is 4.22. The van der Waals surface area contributed by atoms with Crippen LogP contribution in [0.25, 0.3) is 0 Å². The molecule has 142 valence electrons. The summed E-state index contributed by atoms with van der Waals surface area (Å²) < 4.78 is 23.3. The molecule has 1 aromatic carbocycles. The zero-order chi connectivity index (χ0) is 18.9. The Hall–Kier alpha value is -1.65. The summed E-state index contributed by atoms with van der Waals surface area (Å²) >= 11 is 2.08. The Labute approximate surface area is 169 Å². The number of halogens is 1. The minimum atomic E-state index is -0.656. The maximum absolute atomic E-state index is 13.2. The second kappa shape index (κ2) is 5.92. The lowest BCUT2D eigenvalue weighted by atomic mass is 9.89. The lowest BCUT2D eigenvalue weighted by molar-refractivity contribution is -0.143. The van der Waals surface area contributed by atoms with Crippen LogP contribution >= 0.6 is 22.6 Å². The lowest BCUT2D eigenvalue weighted by Crippen LogP contribution is -2.35. The zero-order valence-electron chi connectivity index (χ0n) is 14.9. The zero-order valence-corrected chi connectivity index (χ0v) is 17.0. The first kappa shape index (κ1) is 17.4. The van der Waals surface area contributed by atoms with Crippen LogP contribution in [-0.2, 0) is 14.3 Å². The molecule has 8 heteroatoms. The number of allylic oxidation sites excluding steroid dienone is 1. The van der Waals surface area contributed by atoms with Crippen LogP contribution in [0.5, 0.6) is 11.5 Å². The van der Waals surface area contributed by atoms with Crippen LogP contribution in [0.4, 0.5) is 0 Å². The number of amides is 2. The second-order valence-electron chi connectivity index (χ2n) is 7.59. The summed E-state index contributed by atoms with van der Waals surface area (Å²) in [6.07, 6.45) is 2.54. The number of carbonyl (C=O) groups is 2. The van der Waals surface area contributed by atoms with Crippen molar-refractivity contribution >= 4 is 34.4 Å². The van der Waals surface area contributed by atoms with E-state index in [1.165, 1.54) is 4.90 Å². The smallest absolute Gasteiger partial charge is 0.266 e. The van der Waals surface area contributed by atoms with Crippen LogP contribution in [-0.4, -0.2) is 41.5 Å². The molecule has 3 atom stereocenters. The number of benzene rings is 1. The first-order valence-electron chi connectivity index (χ1n) is 8.86. The highest BCUT2D eigenvalue weighted by Gasteiger charge is 2.50. The van der Waals surface area contributed by atoms with Gasteiger partial charge in [-0.05, 0) is 61.1 Å². The minimum absolute atomic E-state index is 0.0214. The van der Waals surface area contributed by atoms with Gasteiger partial charge in [-0.2, -0.15) is 0 Å². The van der Waals surface area contributed by atoms with Crippen LogP contribution in [0.15, 0.2) is 23.9 Å². The van der Waals surface area contributed by atoms with Crippen LogP contribution < -0.4 is 9.47 Å². The maximum Gasteiger partial charge on any atom is 0.266 e. The molecule has 1 aromatic rings. The van der Waals surface area contributed by atoms with E-state index in [2.05, 4.69) is 22.6 Å². The highest BCUT2D eigenvalue weighted by atomic mass is 127. The van der Waals surface area contributed by atoms with E-state index >= 15 is 0 Å². The number of hydrogen-bond acceptors (Lipinski definition) is 6. The first-order valence-corrected chi connectivity index (χ1v) is 9.94. The van der Waals surface area contributed by atoms with Crippen molar-refractivity contribution in [2.24, 2.45) is 5.92 Å². The fourth-order valence-corrected chi connectivity index (χ4v) is 4.88. The Morgan fingerprint density at radius 2 is 1.96 bits per heavy atom. The van der Waals surface area contributed by atoms with Gasteiger partial charge in [-0.15, -0.1) is 0 Å². The molecule has 0 spiro atoms. The molecule has 2 amide bonds. The van der Waals surface area contributed by atoms with E-state index in [1.807, 2.05) is 19.9 Å². The molecule has 4 aliphatic rings. The highest BCUT2D eigenvalue weighted by molar-refractivity contribution is 14.1. The average molecular weight is 483 g/mol. The summed E-state index contributed by atoms with van der Waals surface area (Å²) in [5, 5.41) is 0. The normalized spacial score (nSPS) is 30.2. The molecule has 27 heavy (non-hydrogen) atoms. The van der Waals surface area contributed by atoms with Gasteiger partial charge in [0.2, 0.25) is 12.7 Å². The van der Waals surface area contributed by atoms with E-state index in [1.54, 1.807) is 12.1 Å². The number of ether oxygens (including phenoxy) is 4. The Morgan fingerprint density at radius 1 is 1.22 bits per heavy atom. The van der Waals surface area contributed by atoms with Gasteiger partial charge >= 0.3 is 0 Å². The van der Waals surface area contributed by atoms with Gasteiger partial charge in [0.05, 0.1) is 11.7 Å². The molecule has 0 saturated carbocycles. The van der Waals surface area contributed by atoms with Gasteiger partial charge in [0, 0.05) is 21.6 Å². The molecule has 2 fully saturated rings. The molecule has 0 N–H and O–H groups in total. The van der Waals surface area contributed by atoms with Gasteiger partial charge in [-0.1, -0.05) is 0 Å². The van der Waals surface area contributed by atoms with Crippen molar-refractivity contribution in [3.63, 3.8) is 0 Å².